The van der Waals surface area contributed by atoms with Crippen LogP contribution < -0.4 is 0 Å². The van der Waals surface area contributed by atoms with Crippen molar-refractivity contribution in [3.05, 3.63) is 71.8 Å². The largest absolute Gasteiger partial charge is 0.334 e. The van der Waals surface area contributed by atoms with Gasteiger partial charge in [-0.05, 0) is 11.1 Å². The Morgan fingerprint density at radius 1 is 0.700 bits per heavy atom. The molecule has 0 spiro atoms. The fourth-order valence-electron chi connectivity index (χ4n) is 1.55. The molecule has 0 unspecified atom stereocenters. The van der Waals surface area contributed by atoms with Crippen LogP contribution in [-0.4, -0.2) is 6.07 Å². The minimum atomic E-state index is -1.44. The predicted molar refractivity (Wildman–Crippen MR) is 81.2 cm³/mol. The van der Waals surface area contributed by atoms with Crippen molar-refractivity contribution in [2.75, 3.05) is 6.07 Å². The van der Waals surface area contributed by atoms with Crippen LogP contribution in [-0.2, 0) is 26.8 Å². The lowest BCUT2D eigenvalue weighted by molar-refractivity contribution is 0.163. The molecule has 0 aliphatic rings. The van der Waals surface area contributed by atoms with E-state index in [0.29, 0.717) is 13.2 Å². The maximum atomic E-state index is 5.63. The molecule has 2 aromatic rings. The van der Waals surface area contributed by atoms with Crippen molar-refractivity contribution in [3.63, 3.8) is 0 Å². The topological polar surface area (TPSA) is 27.7 Å². The Kier molecular flexibility index (Phi) is 6.99. The van der Waals surface area contributed by atoms with Crippen molar-refractivity contribution < 1.29 is 13.6 Å². The summed E-state index contributed by atoms with van der Waals surface area (Å²) in [5.74, 6) is 0. The summed E-state index contributed by atoms with van der Waals surface area (Å²) < 4.78 is 16.5. The lowest BCUT2D eigenvalue weighted by atomic mass is 10.2. The summed E-state index contributed by atoms with van der Waals surface area (Å²) in [6, 6.07) is 19.8. The third kappa shape index (κ3) is 5.58. The molecule has 0 heterocycles. The summed E-state index contributed by atoms with van der Waals surface area (Å²) in [5, 5.41) is 0. The zero-order valence-electron chi connectivity index (χ0n) is 10.9. The summed E-state index contributed by atoms with van der Waals surface area (Å²) in [4.78, 5) is 0. The highest BCUT2D eigenvalue weighted by atomic mass is 35.5. The van der Waals surface area contributed by atoms with Crippen LogP contribution in [0.25, 0.3) is 0 Å². The molecule has 0 saturated heterocycles. The second-order valence-electron chi connectivity index (χ2n) is 3.98. The van der Waals surface area contributed by atoms with Crippen LogP contribution >= 0.6 is 20.2 Å². The third-order valence-corrected chi connectivity index (χ3v) is 3.79. The van der Waals surface area contributed by atoms with Gasteiger partial charge in [0.05, 0.1) is 13.2 Å². The van der Waals surface area contributed by atoms with Crippen LogP contribution in [0.2, 0.25) is 0 Å². The monoisotopic (exact) mass is 310 g/mol. The smallest absolute Gasteiger partial charge is 0.307 e. The van der Waals surface area contributed by atoms with E-state index in [4.69, 9.17) is 25.2 Å². The SMILES string of the molecule is ClCOP(OCc1ccccc1)OCc1ccccc1. The quantitative estimate of drug-likeness (QED) is 0.515. The molecule has 2 rings (SSSR count). The normalized spacial score (nSPS) is 10.9. The van der Waals surface area contributed by atoms with Crippen LogP contribution in [0.3, 0.4) is 0 Å². The highest BCUT2D eigenvalue weighted by Crippen LogP contribution is 2.41. The molecule has 2 aromatic carbocycles. The van der Waals surface area contributed by atoms with Gasteiger partial charge in [-0.15, -0.1) is 0 Å². The fourth-order valence-corrected chi connectivity index (χ4v) is 2.61. The molecule has 0 aromatic heterocycles. The number of hydrogen-bond donors (Lipinski definition) is 0. The van der Waals surface area contributed by atoms with Gasteiger partial charge in [0.25, 0.3) is 0 Å². The number of alkyl halides is 1. The Morgan fingerprint density at radius 2 is 1.15 bits per heavy atom. The van der Waals surface area contributed by atoms with E-state index in [1.165, 1.54) is 0 Å². The van der Waals surface area contributed by atoms with E-state index in [-0.39, 0.29) is 6.07 Å². The second-order valence-corrected chi connectivity index (χ2v) is 5.42. The number of halogens is 1. The first kappa shape index (κ1) is 15.4. The van der Waals surface area contributed by atoms with Crippen molar-refractivity contribution in [3.8, 4) is 0 Å². The minimum Gasteiger partial charge on any atom is -0.307 e. The summed E-state index contributed by atoms with van der Waals surface area (Å²) in [6.45, 7) is 0.885. The molecule has 20 heavy (non-hydrogen) atoms. The van der Waals surface area contributed by atoms with E-state index in [0.717, 1.165) is 11.1 Å². The summed E-state index contributed by atoms with van der Waals surface area (Å²) in [7, 11) is -1.44. The molecule has 0 amide bonds. The van der Waals surface area contributed by atoms with Gasteiger partial charge in [-0.25, -0.2) is 0 Å². The van der Waals surface area contributed by atoms with E-state index in [1.807, 2.05) is 60.7 Å². The second kappa shape index (κ2) is 9.06. The van der Waals surface area contributed by atoms with Crippen molar-refractivity contribution in [2.45, 2.75) is 13.2 Å². The Morgan fingerprint density at radius 3 is 1.55 bits per heavy atom. The lowest BCUT2D eigenvalue weighted by Gasteiger charge is -2.15. The molecule has 106 valence electrons. The molecule has 0 saturated carbocycles. The van der Waals surface area contributed by atoms with Gasteiger partial charge in [0.2, 0.25) is 0 Å². The van der Waals surface area contributed by atoms with Gasteiger partial charge in [-0.2, -0.15) is 0 Å². The average molecular weight is 311 g/mol. The minimum absolute atomic E-state index is 0.0509. The Hall–Kier alpha value is -0.960. The first-order valence-corrected chi connectivity index (χ1v) is 7.84. The Labute approximate surface area is 125 Å². The van der Waals surface area contributed by atoms with Crippen molar-refractivity contribution >= 4 is 20.2 Å². The maximum absolute atomic E-state index is 5.63. The molecule has 3 nitrogen and oxygen atoms in total. The molecule has 0 radical (unpaired) electrons. The van der Waals surface area contributed by atoms with Gasteiger partial charge in [-0.3, -0.25) is 4.52 Å². The zero-order chi connectivity index (χ0) is 14.0. The Bertz CT molecular complexity index is 437. The molecular weight excluding hydrogens is 295 g/mol. The molecule has 0 atom stereocenters. The van der Waals surface area contributed by atoms with E-state index < -0.39 is 8.60 Å². The fraction of sp³-hybridized carbons (Fsp3) is 0.200. The van der Waals surface area contributed by atoms with Crippen LogP contribution in [0.15, 0.2) is 60.7 Å². The molecule has 0 bridgehead atoms. The average Bonchev–Trinajstić information content (AvgIpc) is 2.52. The zero-order valence-corrected chi connectivity index (χ0v) is 12.6. The molecular formula is C15H16ClO3P. The van der Waals surface area contributed by atoms with Gasteiger partial charge in [0, 0.05) is 0 Å². The highest BCUT2D eigenvalue weighted by molar-refractivity contribution is 7.41. The first-order valence-electron chi connectivity index (χ1n) is 6.21. The summed E-state index contributed by atoms with van der Waals surface area (Å²) in [5.41, 5.74) is 2.14. The van der Waals surface area contributed by atoms with Gasteiger partial charge in [0.1, 0.15) is 6.07 Å². The summed E-state index contributed by atoms with van der Waals surface area (Å²) in [6.07, 6.45) is 0. The lowest BCUT2D eigenvalue weighted by Crippen LogP contribution is -1.96. The molecule has 0 fully saturated rings. The molecule has 0 aliphatic carbocycles. The van der Waals surface area contributed by atoms with E-state index in [1.54, 1.807) is 0 Å². The molecule has 0 aliphatic heterocycles. The van der Waals surface area contributed by atoms with Crippen molar-refractivity contribution in [2.24, 2.45) is 0 Å². The van der Waals surface area contributed by atoms with Gasteiger partial charge < -0.3 is 9.05 Å². The van der Waals surface area contributed by atoms with Crippen LogP contribution in [0.4, 0.5) is 0 Å². The standard InChI is InChI=1S/C15H16ClO3P/c16-13-19-20(17-11-14-7-3-1-4-8-14)18-12-15-9-5-2-6-10-15/h1-10H,11-13H2. The Balaban J connectivity index is 1.81. The first-order chi connectivity index (χ1) is 9.88. The van der Waals surface area contributed by atoms with Crippen LogP contribution in [0.1, 0.15) is 11.1 Å². The van der Waals surface area contributed by atoms with Gasteiger partial charge in [-0.1, -0.05) is 72.3 Å². The number of rotatable bonds is 8. The molecule has 5 heteroatoms. The highest BCUT2D eigenvalue weighted by Gasteiger charge is 2.12. The van der Waals surface area contributed by atoms with E-state index in [9.17, 15) is 0 Å². The van der Waals surface area contributed by atoms with Crippen LogP contribution in [0, 0.1) is 0 Å². The van der Waals surface area contributed by atoms with E-state index >= 15 is 0 Å². The van der Waals surface area contributed by atoms with E-state index in [2.05, 4.69) is 0 Å². The number of benzene rings is 2. The predicted octanol–water partition coefficient (Wildman–Crippen LogP) is 4.86. The van der Waals surface area contributed by atoms with Gasteiger partial charge >= 0.3 is 8.60 Å². The van der Waals surface area contributed by atoms with Crippen molar-refractivity contribution in [1.29, 1.82) is 0 Å². The van der Waals surface area contributed by atoms with Crippen LogP contribution in [0.5, 0.6) is 0 Å². The third-order valence-electron chi connectivity index (χ3n) is 2.51. The van der Waals surface area contributed by atoms with Crippen molar-refractivity contribution in [1.82, 2.24) is 0 Å². The number of hydrogen-bond acceptors (Lipinski definition) is 3. The maximum Gasteiger partial charge on any atom is 0.334 e. The molecule has 0 N–H and O–H groups in total. The van der Waals surface area contributed by atoms with Gasteiger partial charge in [0.15, 0.2) is 0 Å². The summed E-state index contributed by atoms with van der Waals surface area (Å²) >= 11 is 5.59.